The highest BCUT2D eigenvalue weighted by Crippen LogP contribution is 2.34. The van der Waals surface area contributed by atoms with E-state index in [-0.39, 0.29) is 4.90 Å². The summed E-state index contributed by atoms with van der Waals surface area (Å²) in [6, 6.07) is 27.9. The van der Waals surface area contributed by atoms with E-state index in [4.69, 9.17) is 15.6 Å². The van der Waals surface area contributed by atoms with Gasteiger partial charge in [0, 0.05) is 27.2 Å². The first-order chi connectivity index (χ1) is 18.7. The molecule has 1 amide bonds. The van der Waals surface area contributed by atoms with Crippen molar-refractivity contribution in [2.45, 2.75) is 11.0 Å². The lowest BCUT2D eigenvalue weighted by molar-refractivity contribution is -0.123. The van der Waals surface area contributed by atoms with Gasteiger partial charge in [0.15, 0.2) is 0 Å². The van der Waals surface area contributed by atoms with Gasteiger partial charge in [-0.1, -0.05) is 60.7 Å². The molecule has 0 aliphatic carbocycles. The Balaban J connectivity index is 1.45. The van der Waals surface area contributed by atoms with Crippen molar-refractivity contribution in [2.75, 3.05) is 11.1 Å². The van der Waals surface area contributed by atoms with E-state index >= 15 is 0 Å². The fourth-order valence-corrected chi connectivity index (χ4v) is 5.45. The van der Waals surface area contributed by atoms with Crippen molar-refractivity contribution in [3.63, 3.8) is 0 Å². The highest BCUT2D eigenvalue weighted by Gasteiger charge is 2.24. The summed E-state index contributed by atoms with van der Waals surface area (Å²) in [6.07, 6.45) is 0.658. The Morgan fingerprint density at radius 1 is 0.923 bits per heavy atom. The second-order valence-electron chi connectivity index (χ2n) is 8.71. The van der Waals surface area contributed by atoms with Gasteiger partial charge in [0.2, 0.25) is 16.1 Å². The molecule has 10 heteroatoms. The maximum Gasteiger partial charge on any atom is 0.270 e. The van der Waals surface area contributed by atoms with Crippen LogP contribution in [-0.4, -0.2) is 19.3 Å². The number of carbonyl (C=O) groups is 1. The number of nitrogens with two attached hydrogens (primary N) is 2. The van der Waals surface area contributed by atoms with Crippen LogP contribution in [0.1, 0.15) is 11.7 Å². The van der Waals surface area contributed by atoms with E-state index in [9.17, 15) is 13.2 Å². The molecule has 1 unspecified atom stereocenters. The number of amides is 1. The van der Waals surface area contributed by atoms with Gasteiger partial charge in [-0.2, -0.15) is 0 Å². The van der Waals surface area contributed by atoms with E-state index in [2.05, 4.69) is 26.2 Å². The van der Waals surface area contributed by atoms with Crippen LogP contribution in [0.5, 0.6) is 5.75 Å². The summed E-state index contributed by atoms with van der Waals surface area (Å²) in [7, 11) is -3.93. The molecule has 0 bridgehead atoms. The van der Waals surface area contributed by atoms with Crippen molar-refractivity contribution in [3.05, 3.63) is 113 Å². The lowest BCUT2D eigenvalue weighted by Crippen LogP contribution is -2.26. The number of hydrogen-bond donors (Lipinski definition) is 3. The number of fused-ring (bicyclic) bond motifs is 1. The molecule has 4 aromatic carbocycles. The number of nitrogens with one attached hydrogen (secondary N) is 1. The SMILES string of the molecule is Nc1nccc2ccc(OC(C(=O)Nc3ccc(-c4ccccc4S(N)(=O)=O)cc3Br)c3ccccc3)cc12. The number of sulfonamides is 1. The van der Waals surface area contributed by atoms with Gasteiger partial charge in [-0.05, 0) is 63.3 Å². The molecule has 0 aliphatic rings. The van der Waals surface area contributed by atoms with Crippen molar-refractivity contribution in [1.82, 2.24) is 4.98 Å². The molecule has 0 fully saturated rings. The van der Waals surface area contributed by atoms with E-state index in [0.717, 1.165) is 10.8 Å². The minimum Gasteiger partial charge on any atom is -0.476 e. The molecule has 39 heavy (non-hydrogen) atoms. The van der Waals surface area contributed by atoms with Crippen LogP contribution in [-0.2, 0) is 14.8 Å². The third kappa shape index (κ3) is 5.78. The van der Waals surface area contributed by atoms with Crippen LogP contribution >= 0.6 is 15.9 Å². The molecule has 5 aromatic rings. The Labute approximate surface area is 233 Å². The largest absolute Gasteiger partial charge is 0.476 e. The van der Waals surface area contributed by atoms with Crippen LogP contribution in [0.3, 0.4) is 0 Å². The smallest absolute Gasteiger partial charge is 0.270 e. The molecule has 196 valence electrons. The summed E-state index contributed by atoms with van der Waals surface area (Å²) >= 11 is 3.50. The zero-order valence-electron chi connectivity index (χ0n) is 20.4. The second-order valence-corrected chi connectivity index (χ2v) is 11.1. The summed E-state index contributed by atoms with van der Waals surface area (Å²) in [4.78, 5) is 17.7. The average Bonchev–Trinajstić information content (AvgIpc) is 2.93. The minimum absolute atomic E-state index is 0.0115. The third-order valence-corrected chi connectivity index (χ3v) is 7.72. The summed E-state index contributed by atoms with van der Waals surface area (Å²) in [5, 5.41) is 9.94. The van der Waals surface area contributed by atoms with E-state index in [1.165, 1.54) is 6.07 Å². The molecule has 5 N–H and O–H groups in total. The maximum atomic E-state index is 13.6. The van der Waals surface area contributed by atoms with Crippen molar-refractivity contribution < 1.29 is 17.9 Å². The Kier molecular flexibility index (Phi) is 7.34. The number of pyridine rings is 1. The molecular formula is C29H23BrN4O4S. The Morgan fingerprint density at radius 2 is 1.67 bits per heavy atom. The summed E-state index contributed by atoms with van der Waals surface area (Å²) in [5.74, 6) is 0.422. The van der Waals surface area contributed by atoms with Gasteiger partial charge in [0.05, 0.1) is 10.6 Å². The predicted octanol–water partition coefficient (Wildman–Crippen LogP) is 5.65. The number of aromatic nitrogens is 1. The lowest BCUT2D eigenvalue weighted by Gasteiger charge is -2.20. The average molecular weight is 603 g/mol. The molecule has 0 spiro atoms. The molecule has 0 aliphatic heterocycles. The quantitative estimate of drug-likeness (QED) is 0.220. The lowest BCUT2D eigenvalue weighted by atomic mass is 10.0. The molecular weight excluding hydrogens is 580 g/mol. The fraction of sp³-hybridized carbons (Fsp3) is 0.0345. The van der Waals surface area contributed by atoms with Crippen molar-refractivity contribution in [1.29, 1.82) is 0 Å². The van der Waals surface area contributed by atoms with Gasteiger partial charge in [0.1, 0.15) is 11.6 Å². The van der Waals surface area contributed by atoms with Gasteiger partial charge in [-0.15, -0.1) is 0 Å². The van der Waals surface area contributed by atoms with Crippen LogP contribution in [0, 0.1) is 0 Å². The number of hydrogen-bond acceptors (Lipinski definition) is 6. The fourth-order valence-electron chi connectivity index (χ4n) is 4.22. The first-order valence-corrected chi connectivity index (χ1v) is 14.1. The normalized spacial score (nSPS) is 12.2. The van der Waals surface area contributed by atoms with Gasteiger partial charge in [-0.3, -0.25) is 4.79 Å². The number of ether oxygens (including phenoxy) is 1. The van der Waals surface area contributed by atoms with Crippen molar-refractivity contribution in [3.8, 4) is 16.9 Å². The molecule has 1 aromatic heterocycles. The van der Waals surface area contributed by atoms with E-state index in [1.54, 1.807) is 54.7 Å². The molecule has 0 saturated heterocycles. The number of nitrogen functional groups attached to an aromatic ring is 1. The molecule has 5 rings (SSSR count). The van der Waals surface area contributed by atoms with Crippen molar-refractivity contribution >= 4 is 54.1 Å². The number of carbonyl (C=O) groups excluding carboxylic acids is 1. The number of nitrogens with zero attached hydrogens (tertiary/aromatic N) is 1. The molecule has 0 radical (unpaired) electrons. The molecule has 1 heterocycles. The number of anilines is 2. The Morgan fingerprint density at radius 3 is 2.41 bits per heavy atom. The van der Waals surface area contributed by atoms with Crippen molar-refractivity contribution in [2.24, 2.45) is 5.14 Å². The summed E-state index contributed by atoms with van der Waals surface area (Å²) in [5.41, 5.74) is 8.24. The third-order valence-electron chi connectivity index (χ3n) is 6.09. The molecule has 0 saturated carbocycles. The van der Waals surface area contributed by atoms with Crippen LogP contribution in [0.25, 0.3) is 21.9 Å². The second kappa shape index (κ2) is 10.9. The number of rotatable bonds is 7. The highest BCUT2D eigenvalue weighted by atomic mass is 79.9. The van der Waals surface area contributed by atoms with Crippen LogP contribution in [0.4, 0.5) is 11.5 Å². The number of halogens is 1. The first kappa shape index (κ1) is 26.4. The topological polar surface area (TPSA) is 137 Å². The zero-order valence-corrected chi connectivity index (χ0v) is 22.8. The zero-order chi connectivity index (χ0) is 27.6. The first-order valence-electron chi connectivity index (χ1n) is 11.8. The maximum absolute atomic E-state index is 13.6. The van der Waals surface area contributed by atoms with Crippen LogP contribution in [0.15, 0.2) is 113 Å². The van der Waals surface area contributed by atoms with E-state index < -0.39 is 22.0 Å². The highest BCUT2D eigenvalue weighted by molar-refractivity contribution is 9.10. The van der Waals surface area contributed by atoms with Gasteiger partial charge < -0.3 is 15.8 Å². The van der Waals surface area contributed by atoms with Gasteiger partial charge >= 0.3 is 0 Å². The summed E-state index contributed by atoms with van der Waals surface area (Å²) < 4.78 is 30.9. The standard InChI is InChI=1S/C29H23BrN4O4S/c30-24-16-20(22-8-4-5-9-26(22)39(32,36)37)11-13-25(24)34-29(35)27(19-6-2-1-3-7-19)38-21-12-10-18-14-15-33-28(31)23(18)17-21/h1-17,27H,(H2,31,33)(H,34,35)(H2,32,36,37). The van der Waals surface area contributed by atoms with Crippen LogP contribution < -0.4 is 20.9 Å². The minimum atomic E-state index is -3.93. The molecule has 1 atom stereocenters. The van der Waals surface area contributed by atoms with E-state index in [0.29, 0.717) is 38.4 Å². The molecule has 8 nitrogen and oxygen atoms in total. The van der Waals surface area contributed by atoms with E-state index in [1.807, 2.05) is 42.5 Å². The Hall–Kier alpha value is -4.25. The monoisotopic (exact) mass is 602 g/mol. The number of primary sulfonamides is 1. The van der Waals surface area contributed by atoms with Gasteiger partial charge in [-0.25, -0.2) is 18.5 Å². The Bertz CT molecular complexity index is 1800. The summed E-state index contributed by atoms with van der Waals surface area (Å²) in [6.45, 7) is 0. The van der Waals surface area contributed by atoms with Gasteiger partial charge in [0.25, 0.3) is 5.91 Å². The predicted molar refractivity (Wildman–Crippen MR) is 156 cm³/mol. The van der Waals surface area contributed by atoms with Crippen LogP contribution in [0.2, 0.25) is 0 Å². The number of benzene rings is 4.